The van der Waals surface area contributed by atoms with E-state index in [9.17, 15) is 13.6 Å². The van der Waals surface area contributed by atoms with Gasteiger partial charge in [-0.15, -0.1) is 0 Å². The van der Waals surface area contributed by atoms with Gasteiger partial charge in [0.15, 0.2) is 11.6 Å². The molecule has 0 saturated heterocycles. The van der Waals surface area contributed by atoms with Gasteiger partial charge in [-0.1, -0.05) is 6.07 Å². The molecule has 1 heterocycles. The van der Waals surface area contributed by atoms with Gasteiger partial charge >= 0.3 is 0 Å². The molecule has 1 atom stereocenters. The van der Waals surface area contributed by atoms with Gasteiger partial charge in [-0.05, 0) is 42.8 Å². The fraction of sp³-hybridized carbons (Fsp3) is 0.125. The van der Waals surface area contributed by atoms with E-state index >= 15 is 0 Å². The zero-order chi connectivity index (χ0) is 15.7. The number of nitrogens with zero attached hydrogens (tertiary/aromatic N) is 1. The number of fused-ring (bicyclic) bond motifs is 1. The third-order valence-electron chi connectivity index (χ3n) is 3.47. The quantitative estimate of drug-likeness (QED) is 0.779. The molecule has 4 nitrogen and oxygen atoms in total. The molecule has 22 heavy (non-hydrogen) atoms. The Hall–Kier alpha value is -2.76. The summed E-state index contributed by atoms with van der Waals surface area (Å²) < 4.78 is 26.2. The molecule has 0 spiro atoms. The van der Waals surface area contributed by atoms with Crippen molar-refractivity contribution in [2.45, 2.75) is 13.0 Å². The number of hydrogen-bond acceptors (Lipinski definition) is 2. The number of carbonyl (C=O) groups excluding carboxylic acids is 1. The highest BCUT2D eigenvalue weighted by Crippen LogP contribution is 2.17. The van der Waals surface area contributed by atoms with Crippen LogP contribution in [0.15, 0.2) is 42.7 Å². The summed E-state index contributed by atoms with van der Waals surface area (Å²) in [4.78, 5) is 19.2. The predicted molar refractivity (Wildman–Crippen MR) is 78.3 cm³/mol. The lowest BCUT2D eigenvalue weighted by molar-refractivity contribution is 0.0940. The minimum absolute atomic E-state index is 0.297. The number of amides is 1. The first-order chi connectivity index (χ1) is 10.5. The van der Waals surface area contributed by atoms with Crippen LogP contribution in [-0.2, 0) is 0 Å². The summed E-state index contributed by atoms with van der Waals surface area (Å²) >= 11 is 0. The van der Waals surface area contributed by atoms with Crippen LogP contribution in [0.3, 0.4) is 0 Å². The molecule has 1 amide bonds. The van der Waals surface area contributed by atoms with E-state index in [1.807, 2.05) is 0 Å². The largest absolute Gasteiger partial charge is 0.346 e. The molecule has 3 aromatic rings. The third kappa shape index (κ3) is 2.67. The number of nitrogens with one attached hydrogen (secondary N) is 2. The first-order valence-electron chi connectivity index (χ1n) is 6.73. The molecule has 2 N–H and O–H groups in total. The Bertz CT molecular complexity index is 844. The first kappa shape index (κ1) is 14.2. The molecule has 2 aromatic carbocycles. The molecule has 0 aliphatic heterocycles. The second kappa shape index (κ2) is 5.55. The summed E-state index contributed by atoms with van der Waals surface area (Å²) in [5.41, 5.74) is 2.49. The number of imidazole rings is 1. The van der Waals surface area contributed by atoms with Crippen molar-refractivity contribution in [2.75, 3.05) is 0 Å². The summed E-state index contributed by atoms with van der Waals surface area (Å²) in [6.07, 6.45) is 1.55. The minimum Gasteiger partial charge on any atom is -0.346 e. The zero-order valence-electron chi connectivity index (χ0n) is 11.7. The Morgan fingerprint density at radius 2 is 2.00 bits per heavy atom. The van der Waals surface area contributed by atoms with Crippen molar-refractivity contribution in [3.63, 3.8) is 0 Å². The van der Waals surface area contributed by atoms with E-state index < -0.39 is 17.7 Å². The van der Waals surface area contributed by atoms with Gasteiger partial charge in [-0.3, -0.25) is 4.79 Å². The Balaban J connectivity index is 1.78. The first-order valence-corrected chi connectivity index (χ1v) is 6.73. The van der Waals surface area contributed by atoms with Crippen molar-refractivity contribution in [2.24, 2.45) is 0 Å². The van der Waals surface area contributed by atoms with E-state index in [0.29, 0.717) is 11.1 Å². The van der Waals surface area contributed by atoms with Gasteiger partial charge in [0.25, 0.3) is 5.91 Å². The summed E-state index contributed by atoms with van der Waals surface area (Å²) in [6.45, 7) is 1.71. The lowest BCUT2D eigenvalue weighted by Gasteiger charge is -2.14. The molecule has 0 bridgehead atoms. The lowest BCUT2D eigenvalue weighted by Crippen LogP contribution is -2.26. The normalized spacial score (nSPS) is 12.3. The molecule has 0 aliphatic rings. The van der Waals surface area contributed by atoms with Crippen LogP contribution in [-0.4, -0.2) is 15.9 Å². The second-order valence-electron chi connectivity index (χ2n) is 5.00. The molecule has 3 rings (SSSR count). The molecule has 6 heteroatoms. The number of hydrogen-bond donors (Lipinski definition) is 2. The van der Waals surface area contributed by atoms with Gasteiger partial charge in [0.05, 0.1) is 23.4 Å². The van der Waals surface area contributed by atoms with Gasteiger partial charge in [-0.25, -0.2) is 13.8 Å². The van der Waals surface area contributed by atoms with Crippen LogP contribution < -0.4 is 5.32 Å². The highest BCUT2D eigenvalue weighted by atomic mass is 19.2. The molecular formula is C16H13F2N3O. The molecule has 0 fully saturated rings. The topological polar surface area (TPSA) is 57.8 Å². The van der Waals surface area contributed by atoms with Gasteiger partial charge in [0, 0.05) is 5.56 Å². The van der Waals surface area contributed by atoms with E-state index in [1.165, 1.54) is 6.07 Å². The number of benzene rings is 2. The fourth-order valence-corrected chi connectivity index (χ4v) is 2.22. The van der Waals surface area contributed by atoms with Crippen LogP contribution >= 0.6 is 0 Å². The highest BCUT2D eigenvalue weighted by Gasteiger charge is 2.14. The van der Waals surface area contributed by atoms with Gasteiger partial charge < -0.3 is 10.3 Å². The van der Waals surface area contributed by atoms with Crippen molar-refractivity contribution in [3.05, 3.63) is 65.5 Å². The van der Waals surface area contributed by atoms with Gasteiger partial charge in [0.1, 0.15) is 0 Å². The number of halogens is 2. The van der Waals surface area contributed by atoms with E-state index in [2.05, 4.69) is 15.3 Å². The van der Waals surface area contributed by atoms with Crippen LogP contribution in [0.25, 0.3) is 11.0 Å². The lowest BCUT2D eigenvalue weighted by atomic mass is 10.1. The second-order valence-corrected chi connectivity index (χ2v) is 5.00. The average Bonchev–Trinajstić information content (AvgIpc) is 2.97. The maximum Gasteiger partial charge on any atom is 0.251 e. The van der Waals surface area contributed by atoms with E-state index in [0.717, 1.165) is 23.2 Å². The van der Waals surface area contributed by atoms with Crippen molar-refractivity contribution in [3.8, 4) is 0 Å². The van der Waals surface area contributed by atoms with Crippen LogP contribution in [0, 0.1) is 11.6 Å². The van der Waals surface area contributed by atoms with Crippen LogP contribution in [0.5, 0.6) is 0 Å². The summed E-state index contributed by atoms with van der Waals surface area (Å²) in [5, 5.41) is 2.75. The Morgan fingerprint density at radius 1 is 1.18 bits per heavy atom. The number of aromatic nitrogens is 2. The minimum atomic E-state index is -0.933. The predicted octanol–water partition coefficient (Wildman–Crippen LogP) is 3.33. The van der Waals surface area contributed by atoms with Crippen molar-refractivity contribution in [1.29, 1.82) is 0 Å². The fourth-order valence-electron chi connectivity index (χ4n) is 2.22. The number of carbonyl (C=O) groups is 1. The number of rotatable bonds is 3. The monoisotopic (exact) mass is 301 g/mol. The van der Waals surface area contributed by atoms with Crippen molar-refractivity contribution < 1.29 is 13.6 Å². The molecule has 0 saturated carbocycles. The SMILES string of the molecule is C[C@H](NC(=O)c1ccc2nc[nH]c2c1)c1ccc(F)c(F)c1. The molecule has 0 aliphatic carbocycles. The summed E-state index contributed by atoms with van der Waals surface area (Å²) in [5.74, 6) is -2.14. The molecular weight excluding hydrogens is 288 g/mol. The van der Waals surface area contributed by atoms with E-state index in [1.54, 1.807) is 31.5 Å². The Morgan fingerprint density at radius 3 is 2.77 bits per heavy atom. The molecule has 0 radical (unpaired) electrons. The average molecular weight is 301 g/mol. The van der Waals surface area contributed by atoms with E-state index in [-0.39, 0.29) is 5.91 Å². The van der Waals surface area contributed by atoms with Crippen LogP contribution in [0.2, 0.25) is 0 Å². The molecule has 112 valence electrons. The van der Waals surface area contributed by atoms with Crippen molar-refractivity contribution in [1.82, 2.24) is 15.3 Å². The third-order valence-corrected chi connectivity index (χ3v) is 3.47. The Kier molecular flexibility index (Phi) is 3.58. The van der Waals surface area contributed by atoms with Crippen molar-refractivity contribution >= 4 is 16.9 Å². The number of H-pyrrole nitrogens is 1. The van der Waals surface area contributed by atoms with Crippen LogP contribution in [0.1, 0.15) is 28.9 Å². The van der Waals surface area contributed by atoms with Gasteiger partial charge in [0.2, 0.25) is 0 Å². The summed E-state index contributed by atoms with van der Waals surface area (Å²) in [7, 11) is 0. The standard InChI is InChI=1S/C16H13F2N3O/c1-9(10-2-4-12(17)13(18)6-10)21-16(22)11-3-5-14-15(7-11)20-8-19-14/h2-9H,1H3,(H,19,20)(H,21,22)/t9-/m0/s1. The zero-order valence-corrected chi connectivity index (χ0v) is 11.7. The smallest absolute Gasteiger partial charge is 0.251 e. The molecule has 0 unspecified atom stereocenters. The van der Waals surface area contributed by atoms with E-state index in [4.69, 9.17) is 0 Å². The maximum absolute atomic E-state index is 13.2. The van der Waals surface area contributed by atoms with Crippen LogP contribution in [0.4, 0.5) is 8.78 Å². The van der Waals surface area contributed by atoms with Gasteiger partial charge in [-0.2, -0.15) is 0 Å². The Labute approximate surface area is 125 Å². The number of aromatic amines is 1. The summed E-state index contributed by atoms with van der Waals surface area (Å²) in [6, 6.07) is 8.22. The molecule has 1 aromatic heterocycles. The maximum atomic E-state index is 13.2. The highest BCUT2D eigenvalue weighted by molar-refractivity contribution is 5.97.